The van der Waals surface area contributed by atoms with E-state index in [0.717, 1.165) is 0 Å². The zero-order valence-electron chi connectivity index (χ0n) is 18.0. The summed E-state index contributed by atoms with van der Waals surface area (Å²) in [5, 5.41) is 0. The van der Waals surface area contributed by atoms with E-state index in [1.165, 1.54) is 1.93 Å². The molecular weight excluding hydrogens is 3850 g/mol. The van der Waals surface area contributed by atoms with Crippen molar-refractivity contribution >= 4 is 655 Å². The lowest BCUT2D eigenvalue weighted by atomic mass is 10.0. The summed E-state index contributed by atoms with van der Waals surface area (Å²) in [6, 6.07) is 0. The minimum Gasteiger partial charge on any atom is -0.0623 e. The largest absolute Gasteiger partial charge is 0.149 e. The van der Waals surface area contributed by atoms with Gasteiger partial charge in [0.25, 0.3) is 0 Å². The Labute approximate surface area is 650 Å². The number of halogens is 29. The molecule has 259 valence electrons. The average Bonchev–Trinajstić information content (AvgIpc) is 2.76. The Bertz CT molecular complexity index is 1010. The lowest BCUT2D eigenvalue weighted by molar-refractivity contribution is 0.628. The standard InChI is InChI=1S/C14I29/c15-1(16)2(17,18)3(19,20)4(21,22)5(23,24)6(25,26)7(27,28)8(29,30)9(31,32)10(33,34)11(35,36)12(37,38)13(39,40)14(41,42)43. The van der Waals surface area contributed by atoms with Crippen molar-refractivity contribution in [3.63, 3.8) is 0 Å². The molecule has 0 aliphatic heterocycles. The van der Waals surface area contributed by atoms with Crippen LogP contribution in [0.2, 0.25) is 0 Å². The monoisotopic (exact) mass is 3850 g/mol. The van der Waals surface area contributed by atoms with Gasteiger partial charge in [0, 0.05) is 0 Å². The summed E-state index contributed by atoms with van der Waals surface area (Å²) in [6.07, 6.45) is 0. The molecule has 29 heteroatoms. The normalized spacial score (nSPS) is 17.2. The van der Waals surface area contributed by atoms with Gasteiger partial charge >= 0.3 is 0 Å². The maximum atomic E-state index is 2.83. The van der Waals surface area contributed by atoms with Crippen molar-refractivity contribution in [3.8, 4) is 0 Å². The van der Waals surface area contributed by atoms with Gasteiger partial charge in [0.1, 0.15) is 18.5 Å². The van der Waals surface area contributed by atoms with Crippen molar-refractivity contribution in [2.75, 3.05) is 0 Å². The molecule has 0 aliphatic carbocycles. The number of hydrogen-bond acceptors (Lipinski definition) is 0. The fourth-order valence-corrected chi connectivity index (χ4v) is 47.6. The minimum atomic E-state index is -0.192. The molecule has 0 spiro atoms. The van der Waals surface area contributed by atoms with E-state index in [2.05, 4.69) is 655 Å². The van der Waals surface area contributed by atoms with Gasteiger partial charge in [-0.15, -0.1) is 0 Å². The lowest BCUT2D eigenvalue weighted by Crippen LogP contribution is -2.72. The Balaban J connectivity index is 7.47. The molecule has 0 saturated heterocycles. The van der Waals surface area contributed by atoms with Gasteiger partial charge in [0.15, 0.2) is 0 Å². The van der Waals surface area contributed by atoms with Crippen LogP contribution in [0.1, 0.15) is 0 Å². The molecule has 0 rings (SSSR count). The number of alkyl halides is 27. The Morgan fingerprint density at radius 1 is 0.209 bits per heavy atom. The van der Waals surface area contributed by atoms with E-state index in [0.29, 0.717) is 0 Å². The molecule has 0 saturated carbocycles. The quantitative estimate of drug-likeness (QED) is 0.127. The Morgan fingerprint density at radius 2 is 0.349 bits per heavy atom. The molecule has 1 radical (unpaired) electrons. The first-order valence-electron chi connectivity index (χ1n) is 8.73. The first-order valence-corrected chi connectivity index (χ1v) is 40.0. The third-order valence-electron chi connectivity index (χ3n) is 4.93. The number of hydrogen-bond donors (Lipinski definition) is 0. The molecule has 0 N–H and O–H groups in total. The van der Waals surface area contributed by atoms with Crippen molar-refractivity contribution in [2.24, 2.45) is 0 Å². The molecular formula is C14I29. The van der Waals surface area contributed by atoms with Gasteiger partial charge in [0.2, 0.25) is 0 Å². The molecule has 0 nitrogen and oxygen atoms in total. The SMILES string of the molecule is I[C](I)C(I)(I)C(I)(I)C(I)(I)C(I)(I)C(I)(I)C(I)(I)C(I)(I)C(I)(I)C(I)(I)C(I)(I)C(I)(I)C(I)(I)C(I)(I)I. The van der Waals surface area contributed by atoms with E-state index in [-0.39, 0.29) is 16.6 Å². The maximum Gasteiger partial charge on any atom is 0.149 e. The van der Waals surface area contributed by atoms with Crippen molar-refractivity contribution in [3.05, 3.63) is 1.93 Å². The van der Waals surface area contributed by atoms with E-state index in [1.807, 2.05) is 0 Å². The van der Waals surface area contributed by atoms with Crippen molar-refractivity contribution in [1.29, 1.82) is 0 Å². The van der Waals surface area contributed by atoms with Crippen molar-refractivity contribution < 1.29 is 0 Å². The minimum absolute atomic E-state index is 0.0204. The van der Waals surface area contributed by atoms with Crippen LogP contribution < -0.4 is 0 Å². The zero-order valence-corrected chi connectivity index (χ0v) is 80.5. The summed E-state index contributed by atoms with van der Waals surface area (Å²) >= 11 is 79.7. The third kappa shape index (κ3) is 12.9. The first kappa shape index (κ1) is 64.2. The Hall–Kier alpha value is 21.2. The van der Waals surface area contributed by atoms with Gasteiger partial charge < -0.3 is 0 Å². The van der Waals surface area contributed by atoms with Crippen LogP contribution in [-0.4, -0.2) is 16.6 Å². The van der Waals surface area contributed by atoms with Gasteiger partial charge in [-0.3, -0.25) is 0 Å². The third-order valence-corrected chi connectivity index (χ3v) is 103. The summed E-state index contributed by atoms with van der Waals surface area (Å²) in [5.74, 6) is 0. The van der Waals surface area contributed by atoms with E-state index in [4.69, 9.17) is 0 Å². The van der Waals surface area contributed by atoms with Gasteiger partial charge in [-0.25, -0.2) is 0 Å². The first-order chi connectivity index (χ1) is 17.9. The maximum absolute atomic E-state index is 2.83. The smallest absolute Gasteiger partial charge is 0.0623 e. The highest BCUT2D eigenvalue weighted by molar-refractivity contribution is 14.3. The highest BCUT2D eigenvalue weighted by Crippen LogP contribution is 2.83. The van der Waals surface area contributed by atoms with Crippen molar-refractivity contribution in [2.45, 2.75) is 16.6 Å². The predicted molar refractivity (Wildman–Crippen MR) is 445 cm³/mol. The van der Waals surface area contributed by atoms with Crippen LogP contribution in [0.4, 0.5) is 0 Å². The van der Waals surface area contributed by atoms with Crippen LogP contribution in [0.15, 0.2) is 0 Å². The molecule has 0 atom stereocenters. The highest BCUT2D eigenvalue weighted by atomic mass is 127. The van der Waals surface area contributed by atoms with Crippen LogP contribution in [0.3, 0.4) is 0 Å². The Morgan fingerprint density at radius 3 is 0.488 bits per heavy atom. The second-order valence-corrected chi connectivity index (χ2v) is 86.5. The molecule has 0 bridgehead atoms. The fraction of sp³-hybridized carbons (Fsp3) is 0.929. The summed E-state index contributed by atoms with van der Waals surface area (Å²) in [4.78, 5) is 0. The molecule has 0 aromatic heterocycles. The van der Waals surface area contributed by atoms with Crippen LogP contribution >= 0.6 is 655 Å². The van der Waals surface area contributed by atoms with Crippen molar-refractivity contribution in [1.82, 2.24) is 0 Å². The average molecular weight is 3850 g/mol. The molecule has 0 aromatic carbocycles. The fourth-order valence-electron chi connectivity index (χ4n) is 2.27. The summed E-state index contributed by atoms with van der Waals surface area (Å²) < 4.78 is -0.264. The van der Waals surface area contributed by atoms with E-state index in [9.17, 15) is 0 Å². The van der Waals surface area contributed by atoms with Gasteiger partial charge in [-0.05, 0) is 0 Å². The molecule has 0 amide bonds. The topological polar surface area (TPSA) is 0 Å². The van der Waals surface area contributed by atoms with Crippen LogP contribution in [0.5, 0.6) is 0 Å². The number of rotatable bonds is 13. The predicted octanol–water partition coefficient (Wildman–Crippen LogP) is 23.1. The highest BCUT2D eigenvalue weighted by Gasteiger charge is 2.81. The molecule has 0 fully saturated rings. The van der Waals surface area contributed by atoms with E-state index in [1.54, 1.807) is 0 Å². The lowest BCUT2D eigenvalue weighted by Gasteiger charge is -2.62. The Kier molecular flexibility index (Phi) is 34.9. The summed E-state index contributed by atoms with van der Waals surface area (Å²) in [5.41, 5.74) is 0. The van der Waals surface area contributed by atoms with Crippen LogP contribution in [0, 0.1) is 1.93 Å². The second-order valence-electron chi connectivity index (χ2n) is 7.65. The van der Waals surface area contributed by atoms with Crippen LogP contribution in [0.25, 0.3) is 0 Å². The summed E-state index contributed by atoms with van der Waals surface area (Å²) in [7, 11) is 0. The van der Waals surface area contributed by atoms with Gasteiger partial charge in [0.05, 0.1) is 0 Å². The second kappa shape index (κ2) is 23.4. The molecule has 0 aromatic rings. The zero-order chi connectivity index (χ0) is 36.1. The van der Waals surface area contributed by atoms with Gasteiger partial charge in [-0.1, -0.05) is 655 Å². The molecule has 0 unspecified atom stereocenters. The molecule has 0 heterocycles. The molecule has 0 aliphatic rings. The molecule has 43 heavy (non-hydrogen) atoms. The summed E-state index contributed by atoms with van der Waals surface area (Å²) in [6.45, 7) is 0. The van der Waals surface area contributed by atoms with E-state index >= 15 is 0 Å². The van der Waals surface area contributed by atoms with E-state index < -0.39 is 0 Å². The van der Waals surface area contributed by atoms with Crippen LogP contribution in [-0.2, 0) is 0 Å². The van der Waals surface area contributed by atoms with Gasteiger partial charge in [-0.2, -0.15) is 0 Å².